The van der Waals surface area contributed by atoms with Crippen LogP contribution in [0.2, 0.25) is 0 Å². The van der Waals surface area contributed by atoms with Gasteiger partial charge in [0.25, 0.3) is 0 Å². The number of morpholine rings is 1. The van der Waals surface area contributed by atoms with Crippen LogP contribution in [0.15, 0.2) is 41.8 Å². The molecule has 0 saturated carbocycles. The van der Waals surface area contributed by atoms with E-state index in [0.717, 1.165) is 37.7 Å². The maximum absolute atomic E-state index is 5.35. The van der Waals surface area contributed by atoms with Gasteiger partial charge in [0.05, 0.1) is 19.4 Å². The van der Waals surface area contributed by atoms with Gasteiger partial charge < -0.3 is 9.64 Å². The summed E-state index contributed by atoms with van der Waals surface area (Å²) in [6, 6.07) is 10.0. The predicted molar refractivity (Wildman–Crippen MR) is 95.4 cm³/mol. The number of hydrazone groups is 1. The largest absolute Gasteiger partial charge is 0.378 e. The lowest BCUT2D eigenvalue weighted by molar-refractivity contribution is 0.122. The second-order valence-corrected chi connectivity index (χ2v) is 6.03. The number of nitrogens with zero attached hydrogens (tertiary/aromatic N) is 4. The maximum atomic E-state index is 5.35. The van der Waals surface area contributed by atoms with Crippen molar-refractivity contribution in [1.29, 1.82) is 0 Å². The molecular weight excluding hydrogens is 393 g/mol. The van der Waals surface area contributed by atoms with Gasteiger partial charge in [-0.25, -0.2) is 9.97 Å². The zero-order chi connectivity index (χ0) is 15.2. The summed E-state index contributed by atoms with van der Waals surface area (Å²) >= 11 is 2.28. The lowest BCUT2D eigenvalue weighted by atomic mass is 10.2. The van der Waals surface area contributed by atoms with E-state index in [4.69, 9.17) is 4.74 Å². The van der Waals surface area contributed by atoms with Gasteiger partial charge in [0.15, 0.2) is 5.82 Å². The Labute approximate surface area is 142 Å². The van der Waals surface area contributed by atoms with Gasteiger partial charge in [-0.2, -0.15) is 5.10 Å². The summed E-state index contributed by atoms with van der Waals surface area (Å²) in [5.74, 6) is 1.57. The molecule has 2 heterocycles. The van der Waals surface area contributed by atoms with Crippen molar-refractivity contribution in [3.05, 3.63) is 45.8 Å². The summed E-state index contributed by atoms with van der Waals surface area (Å²) in [5, 5.41) is 4.23. The minimum atomic E-state index is 0.679. The highest BCUT2D eigenvalue weighted by Gasteiger charge is 2.12. The second-order valence-electron chi connectivity index (χ2n) is 4.79. The fourth-order valence-corrected chi connectivity index (χ4v) is 2.70. The molecule has 1 aliphatic heterocycles. The van der Waals surface area contributed by atoms with E-state index in [-0.39, 0.29) is 0 Å². The highest BCUT2D eigenvalue weighted by atomic mass is 127. The minimum Gasteiger partial charge on any atom is -0.378 e. The summed E-state index contributed by atoms with van der Waals surface area (Å²) < 4.78 is 6.53. The lowest BCUT2D eigenvalue weighted by Crippen LogP contribution is -2.36. The zero-order valence-electron chi connectivity index (χ0n) is 11.9. The number of hydrogen-bond acceptors (Lipinski definition) is 6. The highest BCUT2D eigenvalue weighted by Crippen LogP contribution is 2.15. The quantitative estimate of drug-likeness (QED) is 0.478. The third-order valence-electron chi connectivity index (χ3n) is 3.23. The summed E-state index contributed by atoms with van der Waals surface area (Å²) in [4.78, 5) is 10.7. The minimum absolute atomic E-state index is 0.679. The van der Waals surface area contributed by atoms with Crippen molar-refractivity contribution in [2.45, 2.75) is 0 Å². The summed E-state index contributed by atoms with van der Waals surface area (Å²) in [5.41, 5.74) is 3.99. The Hall–Kier alpha value is -1.74. The molecule has 1 saturated heterocycles. The number of benzene rings is 1. The first kappa shape index (κ1) is 15.2. The van der Waals surface area contributed by atoms with Gasteiger partial charge in [0.2, 0.25) is 0 Å². The Balaban J connectivity index is 1.65. The van der Waals surface area contributed by atoms with Crippen molar-refractivity contribution in [3.8, 4) is 0 Å². The average Bonchev–Trinajstić information content (AvgIpc) is 2.56. The first-order valence-corrected chi connectivity index (χ1v) is 8.08. The van der Waals surface area contributed by atoms with E-state index in [1.807, 2.05) is 24.3 Å². The average molecular weight is 409 g/mol. The molecule has 0 amide bonds. The molecule has 114 valence electrons. The second kappa shape index (κ2) is 7.50. The molecule has 22 heavy (non-hydrogen) atoms. The fraction of sp³-hybridized carbons (Fsp3) is 0.267. The molecule has 0 spiro atoms. The first-order chi connectivity index (χ1) is 10.8. The van der Waals surface area contributed by atoms with E-state index in [0.29, 0.717) is 5.82 Å². The number of halogens is 1. The highest BCUT2D eigenvalue weighted by molar-refractivity contribution is 14.1. The number of rotatable bonds is 4. The van der Waals surface area contributed by atoms with Crippen LogP contribution < -0.4 is 10.3 Å². The van der Waals surface area contributed by atoms with E-state index in [9.17, 15) is 0 Å². The lowest BCUT2D eigenvalue weighted by Gasteiger charge is -2.27. The van der Waals surface area contributed by atoms with Crippen molar-refractivity contribution in [2.24, 2.45) is 5.10 Å². The molecule has 0 radical (unpaired) electrons. The Kier molecular flexibility index (Phi) is 5.17. The molecule has 6 nitrogen and oxygen atoms in total. The molecular formula is C15H16IN5O. The molecule has 2 aromatic rings. The molecule has 0 bridgehead atoms. The van der Waals surface area contributed by atoms with Crippen molar-refractivity contribution in [2.75, 3.05) is 36.6 Å². The third kappa shape index (κ3) is 4.14. The van der Waals surface area contributed by atoms with E-state index in [2.05, 4.69) is 54.1 Å². The molecule has 3 rings (SSSR count). The van der Waals surface area contributed by atoms with E-state index in [1.54, 1.807) is 12.5 Å². The molecule has 1 N–H and O–H groups in total. The van der Waals surface area contributed by atoms with Gasteiger partial charge in [0, 0.05) is 22.7 Å². The normalized spacial score (nSPS) is 15.2. The van der Waals surface area contributed by atoms with Crippen molar-refractivity contribution in [1.82, 2.24) is 9.97 Å². The van der Waals surface area contributed by atoms with Gasteiger partial charge in [-0.05, 0) is 40.3 Å². The standard InChI is InChI=1S/C15H16IN5O/c16-13-3-1-2-12(8-13)10-19-20-14-9-15(18-11-17-14)21-4-6-22-7-5-21/h1-3,8-11H,4-7H2,(H,17,18,20). The van der Waals surface area contributed by atoms with Crippen molar-refractivity contribution in [3.63, 3.8) is 0 Å². The predicted octanol–water partition coefficient (Wildman–Crippen LogP) is 2.36. The van der Waals surface area contributed by atoms with Crippen LogP contribution in [0.25, 0.3) is 0 Å². The summed E-state index contributed by atoms with van der Waals surface area (Å²) in [6.07, 6.45) is 3.33. The molecule has 0 aliphatic carbocycles. The van der Waals surface area contributed by atoms with Gasteiger partial charge in [0.1, 0.15) is 12.1 Å². The number of aromatic nitrogens is 2. The van der Waals surface area contributed by atoms with Crippen molar-refractivity contribution >= 4 is 40.4 Å². The Morgan fingerprint density at radius 3 is 2.91 bits per heavy atom. The van der Waals surface area contributed by atoms with E-state index >= 15 is 0 Å². The summed E-state index contributed by atoms with van der Waals surface area (Å²) in [6.45, 7) is 3.17. The van der Waals surface area contributed by atoms with Gasteiger partial charge in [-0.1, -0.05) is 12.1 Å². The molecule has 1 aliphatic rings. The van der Waals surface area contributed by atoms with E-state index < -0.39 is 0 Å². The van der Waals surface area contributed by atoms with Crippen LogP contribution in [0.5, 0.6) is 0 Å². The van der Waals surface area contributed by atoms with Gasteiger partial charge in [-0.3, -0.25) is 5.43 Å². The van der Waals surface area contributed by atoms with Crippen LogP contribution in [-0.4, -0.2) is 42.5 Å². The van der Waals surface area contributed by atoms with Crippen LogP contribution >= 0.6 is 22.6 Å². The van der Waals surface area contributed by atoms with Crippen LogP contribution in [0.1, 0.15) is 5.56 Å². The van der Waals surface area contributed by atoms with E-state index in [1.165, 1.54) is 3.57 Å². The topological polar surface area (TPSA) is 62.6 Å². The van der Waals surface area contributed by atoms with Crippen LogP contribution in [-0.2, 0) is 4.74 Å². The fourth-order valence-electron chi connectivity index (χ4n) is 2.13. The molecule has 1 aromatic carbocycles. The van der Waals surface area contributed by atoms with Crippen LogP contribution in [0.3, 0.4) is 0 Å². The van der Waals surface area contributed by atoms with Crippen molar-refractivity contribution < 1.29 is 4.74 Å². The molecule has 1 fully saturated rings. The number of nitrogens with one attached hydrogen (secondary N) is 1. The summed E-state index contributed by atoms with van der Waals surface area (Å²) in [7, 11) is 0. The Morgan fingerprint density at radius 2 is 2.09 bits per heavy atom. The molecule has 0 unspecified atom stereocenters. The third-order valence-corrected chi connectivity index (χ3v) is 3.90. The Bertz CT molecular complexity index is 658. The number of ether oxygens (including phenoxy) is 1. The van der Waals surface area contributed by atoms with Gasteiger partial charge >= 0.3 is 0 Å². The Morgan fingerprint density at radius 1 is 1.23 bits per heavy atom. The number of anilines is 2. The van der Waals surface area contributed by atoms with Crippen LogP contribution in [0.4, 0.5) is 11.6 Å². The van der Waals surface area contributed by atoms with Crippen LogP contribution in [0, 0.1) is 3.57 Å². The monoisotopic (exact) mass is 409 g/mol. The molecule has 1 aromatic heterocycles. The smallest absolute Gasteiger partial charge is 0.151 e. The molecule has 0 atom stereocenters. The SMILES string of the molecule is Ic1cccc(C=NNc2cc(N3CCOCC3)ncn2)c1. The number of hydrogen-bond donors (Lipinski definition) is 1. The maximum Gasteiger partial charge on any atom is 0.151 e. The first-order valence-electron chi connectivity index (χ1n) is 7.01. The zero-order valence-corrected chi connectivity index (χ0v) is 14.1. The van der Waals surface area contributed by atoms with Gasteiger partial charge in [-0.15, -0.1) is 0 Å². The molecule has 7 heteroatoms.